The number of allylic oxidation sites excluding steroid dienone is 1. The van der Waals surface area contributed by atoms with Gasteiger partial charge in [-0.25, -0.2) is 0 Å². The normalized spacial score (nSPS) is 14.8. The summed E-state index contributed by atoms with van der Waals surface area (Å²) < 4.78 is 10.3. The molecule has 2 amide bonds. The Bertz CT molecular complexity index is 664. The van der Waals surface area contributed by atoms with E-state index in [4.69, 9.17) is 9.47 Å². The summed E-state index contributed by atoms with van der Waals surface area (Å²) in [5, 5.41) is 5.59. The standard InChI is InChI=1S/C20H28N2O4/c1-14(15-6-4-5-7-15)12-19(23)21-10-11-22-20(24)16-8-9-17(25-2)18(13-16)26-3/h8-9,12-13,15H,4-7,10-11H2,1-3H3,(H,21,23)(H,22,24)/b14-12+. The number of nitrogens with one attached hydrogen (secondary N) is 2. The first kappa shape index (κ1) is 19.8. The zero-order valence-corrected chi connectivity index (χ0v) is 15.8. The molecule has 0 saturated heterocycles. The van der Waals surface area contributed by atoms with Crippen LogP contribution >= 0.6 is 0 Å². The third kappa shape index (κ3) is 5.51. The molecule has 6 nitrogen and oxygen atoms in total. The molecule has 2 N–H and O–H groups in total. The number of carbonyl (C=O) groups excluding carboxylic acids is 2. The van der Waals surface area contributed by atoms with Crippen molar-refractivity contribution in [3.05, 3.63) is 35.4 Å². The molecule has 1 aromatic carbocycles. The topological polar surface area (TPSA) is 76.7 Å². The van der Waals surface area contributed by atoms with E-state index in [9.17, 15) is 9.59 Å². The molecule has 0 aliphatic heterocycles. The number of benzene rings is 1. The van der Waals surface area contributed by atoms with Crippen molar-refractivity contribution in [2.45, 2.75) is 32.6 Å². The number of ether oxygens (including phenoxy) is 2. The Morgan fingerprint density at radius 3 is 2.38 bits per heavy atom. The van der Waals surface area contributed by atoms with E-state index in [1.165, 1.54) is 32.8 Å². The summed E-state index contributed by atoms with van der Waals surface area (Å²) in [6.45, 7) is 2.76. The molecule has 0 aromatic heterocycles. The van der Waals surface area contributed by atoms with Crippen LogP contribution in [0.5, 0.6) is 11.5 Å². The lowest BCUT2D eigenvalue weighted by Crippen LogP contribution is -2.34. The van der Waals surface area contributed by atoms with Crippen LogP contribution in [0.1, 0.15) is 43.0 Å². The number of carbonyl (C=O) groups is 2. The first-order valence-electron chi connectivity index (χ1n) is 9.01. The molecule has 6 heteroatoms. The maximum Gasteiger partial charge on any atom is 0.251 e. The van der Waals surface area contributed by atoms with Gasteiger partial charge in [0.1, 0.15) is 0 Å². The van der Waals surface area contributed by atoms with Gasteiger partial charge in [0.05, 0.1) is 14.2 Å². The van der Waals surface area contributed by atoms with E-state index < -0.39 is 0 Å². The third-order valence-electron chi connectivity index (χ3n) is 4.71. The third-order valence-corrected chi connectivity index (χ3v) is 4.71. The van der Waals surface area contributed by atoms with Gasteiger partial charge in [0.2, 0.25) is 5.91 Å². The Morgan fingerprint density at radius 1 is 1.08 bits per heavy atom. The highest BCUT2D eigenvalue weighted by atomic mass is 16.5. The molecule has 0 unspecified atom stereocenters. The minimum Gasteiger partial charge on any atom is -0.493 e. The maximum absolute atomic E-state index is 12.2. The van der Waals surface area contributed by atoms with Gasteiger partial charge in [-0.05, 0) is 43.9 Å². The molecule has 0 atom stereocenters. The Morgan fingerprint density at radius 2 is 1.73 bits per heavy atom. The summed E-state index contributed by atoms with van der Waals surface area (Å²) in [5.41, 5.74) is 1.63. The van der Waals surface area contributed by atoms with E-state index in [1.807, 2.05) is 6.92 Å². The van der Waals surface area contributed by atoms with E-state index in [-0.39, 0.29) is 11.8 Å². The van der Waals surface area contributed by atoms with Gasteiger partial charge in [-0.1, -0.05) is 18.4 Å². The summed E-state index contributed by atoms with van der Waals surface area (Å²) in [6.07, 6.45) is 6.54. The van der Waals surface area contributed by atoms with Crippen LogP contribution in [0.4, 0.5) is 0 Å². The van der Waals surface area contributed by atoms with E-state index in [2.05, 4.69) is 10.6 Å². The predicted molar refractivity (Wildman–Crippen MR) is 101 cm³/mol. The van der Waals surface area contributed by atoms with E-state index in [0.717, 1.165) is 5.57 Å². The first-order chi connectivity index (χ1) is 12.5. The van der Waals surface area contributed by atoms with Crippen molar-refractivity contribution in [2.24, 2.45) is 5.92 Å². The van der Waals surface area contributed by atoms with Gasteiger partial charge in [0, 0.05) is 24.7 Å². The van der Waals surface area contributed by atoms with Crippen LogP contribution < -0.4 is 20.1 Å². The van der Waals surface area contributed by atoms with Crippen molar-refractivity contribution in [1.82, 2.24) is 10.6 Å². The van der Waals surface area contributed by atoms with Crippen LogP contribution in [0.15, 0.2) is 29.8 Å². The van der Waals surface area contributed by atoms with Gasteiger partial charge in [0.25, 0.3) is 5.91 Å². The second kappa shape index (κ2) is 9.85. The fourth-order valence-electron chi connectivity index (χ4n) is 3.20. The molecule has 1 fully saturated rings. The lowest BCUT2D eigenvalue weighted by molar-refractivity contribution is -0.116. The largest absolute Gasteiger partial charge is 0.493 e. The fraction of sp³-hybridized carbons (Fsp3) is 0.500. The molecule has 0 heterocycles. The zero-order chi connectivity index (χ0) is 18.9. The lowest BCUT2D eigenvalue weighted by atomic mass is 9.99. The molecule has 0 radical (unpaired) electrons. The van der Waals surface area contributed by atoms with Crippen LogP contribution in [0.2, 0.25) is 0 Å². The Kier molecular flexibility index (Phi) is 7.51. The highest BCUT2D eigenvalue weighted by Crippen LogP contribution is 2.30. The predicted octanol–water partition coefficient (Wildman–Crippen LogP) is 2.69. The van der Waals surface area contributed by atoms with Crippen molar-refractivity contribution < 1.29 is 19.1 Å². The van der Waals surface area contributed by atoms with E-state index in [0.29, 0.717) is 36.1 Å². The molecule has 1 saturated carbocycles. The van der Waals surface area contributed by atoms with Gasteiger partial charge < -0.3 is 20.1 Å². The van der Waals surface area contributed by atoms with Crippen LogP contribution in [-0.4, -0.2) is 39.1 Å². The number of hydrogen-bond acceptors (Lipinski definition) is 4. The summed E-state index contributed by atoms with van der Waals surface area (Å²) in [6, 6.07) is 4.98. The molecule has 2 rings (SSSR count). The molecular weight excluding hydrogens is 332 g/mol. The van der Waals surface area contributed by atoms with Gasteiger partial charge in [-0.3, -0.25) is 9.59 Å². The minimum atomic E-state index is -0.224. The van der Waals surface area contributed by atoms with Crippen molar-refractivity contribution in [3.63, 3.8) is 0 Å². The smallest absolute Gasteiger partial charge is 0.251 e. The monoisotopic (exact) mass is 360 g/mol. The number of methoxy groups -OCH3 is 2. The number of amides is 2. The first-order valence-corrected chi connectivity index (χ1v) is 9.01. The zero-order valence-electron chi connectivity index (χ0n) is 15.8. The van der Waals surface area contributed by atoms with Crippen molar-refractivity contribution in [2.75, 3.05) is 27.3 Å². The van der Waals surface area contributed by atoms with Crippen molar-refractivity contribution in [3.8, 4) is 11.5 Å². The summed E-state index contributed by atoms with van der Waals surface area (Å²) in [7, 11) is 3.07. The molecule has 26 heavy (non-hydrogen) atoms. The van der Waals surface area contributed by atoms with Crippen LogP contribution in [0.3, 0.4) is 0 Å². The van der Waals surface area contributed by atoms with Gasteiger partial charge in [0.15, 0.2) is 11.5 Å². The molecular formula is C20H28N2O4. The van der Waals surface area contributed by atoms with Crippen molar-refractivity contribution >= 4 is 11.8 Å². The Balaban J connectivity index is 1.76. The SMILES string of the molecule is COc1ccc(C(=O)NCCNC(=O)/C=C(\C)C2CCCC2)cc1OC. The average molecular weight is 360 g/mol. The maximum atomic E-state index is 12.2. The highest BCUT2D eigenvalue weighted by molar-refractivity contribution is 5.95. The second-order valence-corrected chi connectivity index (χ2v) is 6.49. The number of hydrogen-bond donors (Lipinski definition) is 2. The molecule has 0 spiro atoms. The lowest BCUT2D eigenvalue weighted by Gasteiger charge is -2.11. The molecule has 0 bridgehead atoms. The average Bonchev–Trinajstić information content (AvgIpc) is 3.19. The van der Waals surface area contributed by atoms with Gasteiger partial charge in [-0.15, -0.1) is 0 Å². The van der Waals surface area contributed by atoms with E-state index >= 15 is 0 Å². The van der Waals surface area contributed by atoms with Crippen molar-refractivity contribution in [1.29, 1.82) is 0 Å². The Hall–Kier alpha value is -2.50. The van der Waals surface area contributed by atoms with Crippen LogP contribution in [-0.2, 0) is 4.79 Å². The quantitative estimate of drug-likeness (QED) is 0.552. The molecule has 1 aliphatic carbocycles. The summed E-state index contributed by atoms with van der Waals surface area (Å²) >= 11 is 0. The summed E-state index contributed by atoms with van der Waals surface area (Å²) in [4.78, 5) is 24.1. The fourth-order valence-corrected chi connectivity index (χ4v) is 3.20. The van der Waals surface area contributed by atoms with Crippen LogP contribution in [0.25, 0.3) is 0 Å². The van der Waals surface area contributed by atoms with Crippen LogP contribution in [0, 0.1) is 5.92 Å². The molecule has 1 aromatic rings. The summed E-state index contributed by atoms with van der Waals surface area (Å²) in [5.74, 6) is 1.29. The Labute approximate surface area is 154 Å². The second-order valence-electron chi connectivity index (χ2n) is 6.49. The highest BCUT2D eigenvalue weighted by Gasteiger charge is 2.17. The number of rotatable bonds is 8. The minimum absolute atomic E-state index is 0.102. The van der Waals surface area contributed by atoms with Gasteiger partial charge in [-0.2, -0.15) is 0 Å². The van der Waals surface area contributed by atoms with E-state index in [1.54, 1.807) is 31.4 Å². The van der Waals surface area contributed by atoms with Gasteiger partial charge >= 0.3 is 0 Å². The molecule has 142 valence electrons. The molecule has 1 aliphatic rings.